The molecule has 0 bridgehead atoms. The summed E-state index contributed by atoms with van der Waals surface area (Å²) in [6.45, 7) is 4.15. The lowest BCUT2D eigenvalue weighted by atomic mass is 10.1. The molecule has 0 saturated carbocycles. The van der Waals surface area contributed by atoms with E-state index in [1.807, 2.05) is 30.3 Å². The molecule has 1 aromatic carbocycles. The van der Waals surface area contributed by atoms with Gasteiger partial charge in [-0.1, -0.05) is 18.2 Å². The van der Waals surface area contributed by atoms with Gasteiger partial charge in [-0.15, -0.1) is 0 Å². The van der Waals surface area contributed by atoms with Crippen LogP contribution >= 0.6 is 0 Å². The number of H-pyrrole nitrogens is 1. The van der Waals surface area contributed by atoms with Crippen LogP contribution in [-0.4, -0.2) is 23.6 Å². The molecule has 106 valence electrons. The zero-order valence-corrected chi connectivity index (χ0v) is 11.6. The Balaban J connectivity index is 2.12. The molecule has 0 amide bonds. The number of ether oxygens (including phenoxy) is 1. The molecule has 20 heavy (non-hydrogen) atoms. The summed E-state index contributed by atoms with van der Waals surface area (Å²) in [7, 11) is 0. The Labute approximate surface area is 117 Å². The van der Waals surface area contributed by atoms with Crippen LogP contribution in [0.4, 0.5) is 0 Å². The maximum Gasteiger partial charge on any atom is 0.322 e. The van der Waals surface area contributed by atoms with Crippen molar-refractivity contribution in [2.45, 2.75) is 26.4 Å². The van der Waals surface area contributed by atoms with Gasteiger partial charge in [0.05, 0.1) is 6.61 Å². The van der Waals surface area contributed by atoms with Gasteiger partial charge in [-0.05, 0) is 31.4 Å². The van der Waals surface area contributed by atoms with Gasteiger partial charge in [0.1, 0.15) is 6.04 Å². The van der Waals surface area contributed by atoms with Crippen molar-refractivity contribution in [3.05, 3.63) is 46.2 Å². The molecule has 0 radical (unpaired) electrons. The van der Waals surface area contributed by atoms with Crippen molar-refractivity contribution in [2.75, 3.05) is 6.61 Å². The van der Waals surface area contributed by atoms with E-state index in [0.29, 0.717) is 18.7 Å². The van der Waals surface area contributed by atoms with Gasteiger partial charge in [0.2, 0.25) is 0 Å². The molecular weight excluding hydrogens is 256 g/mol. The number of hydrogen-bond acceptors (Lipinski definition) is 4. The van der Waals surface area contributed by atoms with Gasteiger partial charge in [0.15, 0.2) is 0 Å². The summed E-state index contributed by atoms with van der Waals surface area (Å²) in [5.41, 5.74) is 1.26. The summed E-state index contributed by atoms with van der Waals surface area (Å²) in [5.74, 6) is -0.315. The Bertz CT molecular complexity index is 663. The Morgan fingerprint density at radius 1 is 1.40 bits per heavy atom. The molecule has 0 spiro atoms. The van der Waals surface area contributed by atoms with E-state index in [1.54, 1.807) is 13.8 Å². The van der Waals surface area contributed by atoms with Crippen molar-refractivity contribution in [2.24, 2.45) is 0 Å². The smallest absolute Gasteiger partial charge is 0.322 e. The Morgan fingerprint density at radius 3 is 2.90 bits per heavy atom. The molecule has 1 heterocycles. The van der Waals surface area contributed by atoms with Gasteiger partial charge in [-0.2, -0.15) is 0 Å². The fourth-order valence-electron chi connectivity index (χ4n) is 1.94. The number of fused-ring (bicyclic) bond motifs is 1. The summed E-state index contributed by atoms with van der Waals surface area (Å²) in [6, 6.07) is 8.97. The minimum atomic E-state index is -0.444. The van der Waals surface area contributed by atoms with Crippen LogP contribution in [0.5, 0.6) is 0 Å². The monoisotopic (exact) mass is 274 g/mol. The number of esters is 1. The highest BCUT2D eigenvalue weighted by Gasteiger charge is 2.13. The van der Waals surface area contributed by atoms with E-state index < -0.39 is 6.04 Å². The number of pyridine rings is 1. The summed E-state index contributed by atoms with van der Waals surface area (Å²) < 4.78 is 4.91. The first-order valence-corrected chi connectivity index (χ1v) is 6.62. The van der Waals surface area contributed by atoms with Crippen LogP contribution in [0.2, 0.25) is 0 Å². The Hall–Kier alpha value is -2.14. The summed E-state index contributed by atoms with van der Waals surface area (Å²) in [4.78, 5) is 26.2. The number of nitrogens with one attached hydrogen (secondary N) is 2. The first-order valence-electron chi connectivity index (χ1n) is 6.62. The molecule has 0 fully saturated rings. The van der Waals surface area contributed by atoms with Gasteiger partial charge in [0.25, 0.3) is 5.56 Å². The van der Waals surface area contributed by atoms with E-state index >= 15 is 0 Å². The second-order valence-corrected chi connectivity index (χ2v) is 4.57. The highest BCUT2D eigenvalue weighted by Crippen LogP contribution is 2.09. The predicted molar refractivity (Wildman–Crippen MR) is 77.5 cm³/mol. The predicted octanol–water partition coefficient (Wildman–Crippen LogP) is 1.57. The molecule has 2 N–H and O–H groups in total. The number of rotatable bonds is 5. The molecule has 2 rings (SSSR count). The highest BCUT2D eigenvalue weighted by molar-refractivity contribution is 5.78. The topological polar surface area (TPSA) is 71.2 Å². The Morgan fingerprint density at radius 2 is 2.15 bits per heavy atom. The van der Waals surface area contributed by atoms with E-state index in [1.165, 1.54) is 0 Å². The Kier molecular flexibility index (Phi) is 4.53. The number of carbonyl (C=O) groups excluding carboxylic acids is 1. The lowest BCUT2D eigenvalue weighted by Gasteiger charge is -2.12. The average molecular weight is 274 g/mol. The zero-order chi connectivity index (χ0) is 14.5. The molecule has 1 atom stereocenters. The average Bonchev–Trinajstić information content (AvgIpc) is 2.45. The number of hydrogen-bond donors (Lipinski definition) is 2. The molecule has 0 aliphatic heterocycles. The first kappa shape index (κ1) is 14.3. The maximum atomic E-state index is 11.9. The van der Waals surface area contributed by atoms with Gasteiger partial charge in [0, 0.05) is 17.6 Å². The third kappa shape index (κ3) is 3.24. The number of carbonyl (C=O) groups is 1. The normalized spacial score (nSPS) is 12.3. The second kappa shape index (κ2) is 6.34. The van der Waals surface area contributed by atoms with Crippen LogP contribution in [0.25, 0.3) is 10.9 Å². The second-order valence-electron chi connectivity index (χ2n) is 4.57. The first-order chi connectivity index (χ1) is 9.61. The minimum absolute atomic E-state index is 0.146. The molecule has 0 saturated heterocycles. The molecule has 1 unspecified atom stereocenters. The number of para-hydroxylation sites is 1. The van der Waals surface area contributed by atoms with Crippen molar-refractivity contribution in [1.82, 2.24) is 10.3 Å². The minimum Gasteiger partial charge on any atom is -0.465 e. The van der Waals surface area contributed by atoms with E-state index in [-0.39, 0.29) is 11.5 Å². The quantitative estimate of drug-likeness (QED) is 0.812. The van der Waals surface area contributed by atoms with E-state index in [4.69, 9.17) is 4.74 Å². The molecule has 0 aliphatic carbocycles. The van der Waals surface area contributed by atoms with Gasteiger partial charge in [-0.25, -0.2) is 0 Å². The van der Waals surface area contributed by atoms with Crippen LogP contribution < -0.4 is 10.9 Å². The third-order valence-electron chi connectivity index (χ3n) is 3.07. The lowest BCUT2D eigenvalue weighted by Crippen LogP contribution is -2.36. The van der Waals surface area contributed by atoms with E-state index in [0.717, 1.165) is 10.9 Å². The van der Waals surface area contributed by atoms with Gasteiger partial charge >= 0.3 is 5.97 Å². The fraction of sp³-hybridized carbons (Fsp3) is 0.333. The summed E-state index contributed by atoms with van der Waals surface area (Å²) in [5, 5.41) is 3.96. The van der Waals surface area contributed by atoms with Crippen molar-refractivity contribution >= 4 is 16.9 Å². The molecule has 0 aliphatic rings. The zero-order valence-electron chi connectivity index (χ0n) is 11.6. The van der Waals surface area contributed by atoms with E-state index in [9.17, 15) is 9.59 Å². The SMILES string of the molecule is CCOC(=O)C(C)NCc1cc2ccccc2[nH]c1=O. The molecule has 2 aromatic rings. The van der Waals surface area contributed by atoms with E-state index in [2.05, 4.69) is 10.3 Å². The maximum absolute atomic E-state index is 11.9. The van der Waals surface area contributed by atoms with Crippen LogP contribution in [0, 0.1) is 0 Å². The third-order valence-corrected chi connectivity index (χ3v) is 3.07. The largest absolute Gasteiger partial charge is 0.465 e. The van der Waals surface area contributed by atoms with Gasteiger partial charge in [-0.3, -0.25) is 9.59 Å². The van der Waals surface area contributed by atoms with Crippen LogP contribution in [-0.2, 0) is 16.1 Å². The number of aromatic nitrogens is 1. The molecule has 1 aromatic heterocycles. The van der Waals surface area contributed by atoms with Crippen molar-refractivity contribution in [1.29, 1.82) is 0 Å². The van der Waals surface area contributed by atoms with Crippen molar-refractivity contribution in [3.63, 3.8) is 0 Å². The molecule has 5 heteroatoms. The standard InChI is InChI=1S/C15H18N2O3/c1-3-20-15(19)10(2)16-9-12-8-11-6-4-5-7-13(11)17-14(12)18/h4-8,10,16H,3,9H2,1-2H3,(H,17,18). The van der Waals surface area contributed by atoms with Crippen molar-refractivity contribution in [3.8, 4) is 0 Å². The van der Waals surface area contributed by atoms with Gasteiger partial charge < -0.3 is 15.0 Å². The molecule has 5 nitrogen and oxygen atoms in total. The molecular formula is C15H18N2O3. The summed E-state index contributed by atoms with van der Waals surface area (Å²) >= 11 is 0. The number of aromatic amines is 1. The van der Waals surface area contributed by atoms with Crippen molar-refractivity contribution < 1.29 is 9.53 Å². The summed E-state index contributed by atoms with van der Waals surface area (Å²) in [6.07, 6.45) is 0. The number of benzene rings is 1. The van der Waals surface area contributed by atoms with Crippen LogP contribution in [0.1, 0.15) is 19.4 Å². The highest BCUT2D eigenvalue weighted by atomic mass is 16.5. The lowest BCUT2D eigenvalue weighted by molar-refractivity contribution is -0.145. The van der Waals surface area contributed by atoms with Crippen LogP contribution in [0.15, 0.2) is 35.1 Å². The fourth-order valence-corrected chi connectivity index (χ4v) is 1.94. The van der Waals surface area contributed by atoms with Crippen LogP contribution in [0.3, 0.4) is 0 Å².